The zero-order chi connectivity index (χ0) is 31.0. The number of Topliss-reactive ketones (excluding diaryl/α,β-unsaturated/α-hetero) is 1. The molecule has 0 N–H and O–H groups in total. The van der Waals surface area contributed by atoms with Gasteiger partial charge in [0, 0.05) is 17.5 Å². The number of fused-ring (bicyclic) bond motifs is 1. The van der Waals surface area contributed by atoms with Crippen molar-refractivity contribution in [3.63, 3.8) is 0 Å². The van der Waals surface area contributed by atoms with Crippen LogP contribution in [0, 0.1) is 5.41 Å². The van der Waals surface area contributed by atoms with Gasteiger partial charge in [0.2, 0.25) is 0 Å². The van der Waals surface area contributed by atoms with Gasteiger partial charge in [0.15, 0.2) is 5.78 Å². The fourth-order valence-corrected chi connectivity index (χ4v) is 7.67. The molecule has 5 aromatic carbocycles. The first-order chi connectivity index (χ1) is 22.0. The minimum atomic E-state index is -1.29. The molecule has 0 aliphatic carbocycles. The molecular weight excluding hydrogens is 582 g/mol. The number of ether oxygens (including phenoxy) is 2. The van der Waals surface area contributed by atoms with Crippen LogP contribution in [0.25, 0.3) is 0 Å². The highest BCUT2D eigenvalue weighted by Crippen LogP contribution is 2.67. The summed E-state index contributed by atoms with van der Waals surface area (Å²) in [6.07, 6.45) is -0.736. The monoisotopic (exact) mass is 613 g/mol. The number of esters is 1. The molecule has 6 heteroatoms. The highest BCUT2D eigenvalue weighted by molar-refractivity contribution is 6.30. The largest absolute Gasteiger partial charge is 0.484 e. The van der Waals surface area contributed by atoms with Crippen molar-refractivity contribution in [2.24, 2.45) is 5.41 Å². The minimum absolute atomic E-state index is 0.0727. The fraction of sp³-hybridized carbons (Fsp3) is 0.179. The molecule has 5 atom stereocenters. The van der Waals surface area contributed by atoms with E-state index < -0.39 is 35.5 Å². The van der Waals surface area contributed by atoms with Crippen LogP contribution >= 0.6 is 11.6 Å². The van der Waals surface area contributed by atoms with Crippen LogP contribution in [0.1, 0.15) is 50.7 Å². The average molecular weight is 614 g/mol. The zero-order valence-electron chi connectivity index (χ0n) is 24.8. The van der Waals surface area contributed by atoms with Gasteiger partial charge in [-0.15, -0.1) is 0 Å². The zero-order valence-corrected chi connectivity index (χ0v) is 25.5. The molecule has 5 nitrogen and oxygen atoms in total. The van der Waals surface area contributed by atoms with Crippen molar-refractivity contribution < 1.29 is 19.1 Å². The molecule has 224 valence electrons. The molecule has 2 aliphatic heterocycles. The smallest absolute Gasteiger partial charge is 0.323 e. The Labute approximate surface area is 268 Å². The van der Waals surface area contributed by atoms with E-state index in [1.54, 1.807) is 0 Å². The van der Waals surface area contributed by atoms with Gasteiger partial charge in [-0.1, -0.05) is 127 Å². The SMILES string of the molecule is COC(=O)[C@@H]1[C@@H](c2ccccc2)[C@]2(C(=O)c3ccccc3O[C@H]2c2ccccc2)[C@H](c2ccc(Cl)cc2)N1Cc1ccccc1. The van der Waals surface area contributed by atoms with Crippen LogP contribution in [0.5, 0.6) is 5.75 Å². The standard InChI is InChI=1S/C39H32ClNO4/c1-44-38(43)34-33(27-15-7-3-8-16-27)39(35(28-21-23-30(40)24-22-28)41(34)25-26-13-5-2-6-14-26)36(42)31-19-11-12-20-32(31)45-37(39)29-17-9-4-10-18-29/h2-24,33-35,37H,25H2,1H3/t33-,34+,35+,37+,39-/m1/s1. The second-order valence-corrected chi connectivity index (χ2v) is 12.1. The topological polar surface area (TPSA) is 55.8 Å². The highest BCUT2D eigenvalue weighted by atomic mass is 35.5. The van der Waals surface area contributed by atoms with E-state index in [4.69, 9.17) is 21.1 Å². The van der Waals surface area contributed by atoms with E-state index in [0.717, 1.165) is 22.3 Å². The lowest BCUT2D eigenvalue weighted by molar-refractivity contribution is -0.147. The third-order valence-corrected chi connectivity index (χ3v) is 9.52. The third-order valence-electron chi connectivity index (χ3n) is 9.27. The van der Waals surface area contributed by atoms with Crippen LogP contribution in [0.2, 0.25) is 5.02 Å². The second kappa shape index (κ2) is 12.0. The van der Waals surface area contributed by atoms with Crippen LogP contribution in [0.4, 0.5) is 0 Å². The Bertz CT molecular complexity index is 1810. The van der Waals surface area contributed by atoms with E-state index in [9.17, 15) is 4.79 Å². The number of benzene rings is 5. The first kappa shape index (κ1) is 29.0. The Morgan fingerprint density at radius 2 is 1.33 bits per heavy atom. The summed E-state index contributed by atoms with van der Waals surface area (Å²) < 4.78 is 12.6. The number of methoxy groups -OCH3 is 1. The Kier molecular flexibility index (Phi) is 7.74. The average Bonchev–Trinajstić information content (AvgIpc) is 3.38. The van der Waals surface area contributed by atoms with Crippen LogP contribution in [0.15, 0.2) is 140 Å². The summed E-state index contributed by atoms with van der Waals surface area (Å²) in [7, 11) is 1.41. The van der Waals surface area contributed by atoms with E-state index >= 15 is 4.79 Å². The van der Waals surface area contributed by atoms with Gasteiger partial charge in [0.1, 0.15) is 23.3 Å². The summed E-state index contributed by atoms with van der Waals surface area (Å²) in [5.41, 5.74) is 2.79. The van der Waals surface area contributed by atoms with Crippen molar-refractivity contribution in [3.05, 3.63) is 172 Å². The first-order valence-corrected chi connectivity index (χ1v) is 15.4. The number of halogens is 1. The lowest BCUT2D eigenvalue weighted by Gasteiger charge is -2.48. The molecule has 0 amide bonds. The summed E-state index contributed by atoms with van der Waals surface area (Å²) in [5, 5.41) is 0.584. The van der Waals surface area contributed by atoms with Gasteiger partial charge in [-0.3, -0.25) is 14.5 Å². The number of hydrogen-bond acceptors (Lipinski definition) is 5. The maximum atomic E-state index is 15.6. The van der Waals surface area contributed by atoms with Gasteiger partial charge in [-0.25, -0.2) is 0 Å². The van der Waals surface area contributed by atoms with Gasteiger partial charge in [-0.2, -0.15) is 0 Å². The summed E-state index contributed by atoms with van der Waals surface area (Å²) in [6, 6.07) is 43.4. The van der Waals surface area contributed by atoms with Gasteiger partial charge < -0.3 is 9.47 Å². The summed E-state index contributed by atoms with van der Waals surface area (Å²) >= 11 is 6.43. The van der Waals surface area contributed by atoms with Gasteiger partial charge in [-0.05, 0) is 46.5 Å². The summed E-state index contributed by atoms with van der Waals surface area (Å²) in [4.78, 5) is 32.0. The summed E-state index contributed by atoms with van der Waals surface area (Å²) in [6.45, 7) is 0.398. The van der Waals surface area contributed by atoms with Crippen molar-refractivity contribution in [2.75, 3.05) is 7.11 Å². The van der Waals surface area contributed by atoms with E-state index in [0.29, 0.717) is 22.9 Å². The molecule has 5 aromatic rings. The molecular formula is C39H32ClNO4. The molecule has 1 fully saturated rings. The van der Waals surface area contributed by atoms with Crippen molar-refractivity contribution >= 4 is 23.4 Å². The first-order valence-electron chi connectivity index (χ1n) is 15.1. The molecule has 0 radical (unpaired) electrons. The Morgan fingerprint density at radius 3 is 1.98 bits per heavy atom. The Hall–Kier alpha value is -4.71. The van der Waals surface area contributed by atoms with Crippen LogP contribution < -0.4 is 4.74 Å². The molecule has 0 saturated carbocycles. The molecule has 2 aliphatic rings. The molecule has 1 saturated heterocycles. The second-order valence-electron chi connectivity index (χ2n) is 11.6. The number of ketones is 1. The van der Waals surface area contributed by atoms with Crippen molar-refractivity contribution in [2.45, 2.75) is 30.7 Å². The van der Waals surface area contributed by atoms with E-state index in [-0.39, 0.29) is 5.78 Å². The van der Waals surface area contributed by atoms with E-state index in [1.165, 1.54) is 7.11 Å². The summed E-state index contributed by atoms with van der Waals surface area (Å²) in [5.74, 6) is -0.591. The fourth-order valence-electron chi connectivity index (χ4n) is 7.54. The number of carbonyl (C=O) groups excluding carboxylic acids is 2. The van der Waals surface area contributed by atoms with Crippen LogP contribution in [-0.2, 0) is 16.1 Å². The number of nitrogens with zero attached hydrogens (tertiary/aromatic N) is 1. The molecule has 2 heterocycles. The molecule has 7 rings (SSSR count). The maximum absolute atomic E-state index is 15.6. The molecule has 0 aromatic heterocycles. The van der Waals surface area contributed by atoms with Crippen molar-refractivity contribution in [3.8, 4) is 5.75 Å². The van der Waals surface area contributed by atoms with Gasteiger partial charge in [0.25, 0.3) is 0 Å². The number of para-hydroxylation sites is 1. The number of carbonyl (C=O) groups is 2. The van der Waals surface area contributed by atoms with Gasteiger partial charge >= 0.3 is 5.97 Å². The van der Waals surface area contributed by atoms with Crippen LogP contribution in [-0.4, -0.2) is 29.8 Å². The predicted octanol–water partition coefficient (Wildman–Crippen LogP) is 8.23. The van der Waals surface area contributed by atoms with Crippen molar-refractivity contribution in [1.82, 2.24) is 4.90 Å². The Balaban J connectivity index is 1.61. The molecule has 0 unspecified atom stereocenters. The molecule has 0 bridgehead atoms. The normalized spacial score (nSPS) is 24.2. The van der Waals surface area contributed by atoms with E-state index in [1.807, 2.05) is 140 Å². The number of hydrogen-bond donors (Lipinski definition) is 0. The number of rotatable bonds is 6. The lowest BCUT2D eigenvalue weighted by atomic mass is 9.58. The molecule has 45 heavy (non-hydrogen) atoms. The lowest BCUT2D eigenvalue weighted by Crippen LogP contribution is -2.50. The predicted molar refractivity (Wildman–Crippen MR) is 174 cm³/mol. The van der Waals surface area contributed by atoms with Gasteiger partial charge in [0.05, 0.1) is 18.7 Å². The van der Waals surface area contributed by atoms with Crippen molar-refractivity contribution in [1.29, 1.82) is 0 Å². The third kappa shape index (κ3) is 4.84. The highest BCUT2D eigenvalue weighted by Gasteiger charge is 2.71. The minimum Gasteiger partial charge on any atom is -0.484 e. The maximum Gasteiger partial charge on any atom is 0.323 e. The van der Waals surface area contributed by atoms with Crippen LogP contribution in [0.3, 0.4) is 0 Å². The molecule has 1 spiro atoms. The van der Waals surface area contributed by atoms with E-state index in [2.05, 4.69) is 4.90 Å². The quantitative estimate of drug-likeness (QED) is 0.181. The number of likely N-dealkylation sites (tertiary alicyclic amines) is 1. The Morgan fingerprint density at radius 1 is 0.756 bits per heavy atom.